The number of hydrogen-bond acceptors (Lipinski definition) is 6. The van der Waals surface area contributed by atoms with Crippen molar-refractivity contribution in [2.24, 2.45) is 0 Å². The van der Waals surface area contributed by atoms with E-state index in [-0.39, 0.29) is 10.6 Å². The zero-order valence-electron chi connectivity index (χ0n) is 16.5. The van der Waals surface area contributed by atoms with Gasteiger partial charge in [0.1, 0.15) is 0 Å². The summed E-state index contributed by atoms with van der Waals surface area (Å²) in [4.78, 5) is 2.01. The van der Waals surface area contributed by atoms with E-state index in [1.807, 2.05) is 0 Å². The lowest BCUT2D eigenvalue weighted by atomic mass is 9.97. The molecule has 0 unspecified atom stereocenters. The average Bonchev–Trinajstić information content (AvgIpc) is 2.75. The van der Waals surface area contributed by atoms with Gasteiger partial charge < -0.3 is 9.64 Å². The second kappa shape index (κ2) is 8.23. The normalized spacial score (nSPS) is 17.8. The van der Waals surface area contributed by atoms with E-state index in [1.54, 1.807) is 6.92 Å². The number of hydrogen-bond donors (Lipinski definition) is 0. The average molecular weight is 421 g/mol. The van der Waals surface area contributed by atoms with Crippen LogP contribution in [-0.2, 0) is 22.9 Å². The van der Waals surface area contributed by atoms with Crippen LogP contribution < -0.4 is 9.64 Å². The molecule has 0 saturated carbocycles. The number of anilines is 1. The van der Waals surface area contributed by atoms with Crippen molar-refractivity contribution in [1.29, 1.82) is 0 Å². The maximum atomic E-state index is 14.1. The topological polar surface area (TPSA) is 75.6 Å². The summed E-state index contributed by atoms with van der Waals surface area (Å²) in [6, 6.07) is 5.88. The van der Waals surface area contributed by atoms with Crippen LogP contribution in [0.2, 0.25) is 0 Å². The molecule has 1 fully saturated rings. The van der Waals surface area contributed by atoms with Crippen molar-refractivity contribution in [2.75, 3.05) is 37.7 Å². The summed E-state index contributed by atoms with van der Waals surface area (Å²) < 4.78 is 46.5. The zero-order chi connectivity index (χ0) is 20.4. The predicted molar refractivity (Wildman–Crippen MR) is 107 cm³/mol. The predicted octanol–water partition coefficient (Wildman–Crippen LogP) is 2.40. The highest BCUT2D eigenvalue weighted by molar-refractivity contribution is 7.89. The fraction of sp³-hybridized carbons (Fsp3) is 0.500. The van der Waals surface area contributed by atoms with Gasteiger partial charge in [0.2, 0.25) is 10.0 Å². The van der Waals surface area contributed by atoms with Gasteiger partial charge in [-0.1, -0.05) is 0 Å². The van der Waals surface area contributed by atoms with Crippen LogP contribution in [0.1, 0.15) is 31.0 Å². The van der Waals surface area contributed by atoms with E-state index >= 15 is 0 Å². The van der Waals surface area contributed by atoms with Crippen LogP contribution in [0.3, 0.4) is 0 Å². The maximum absolute atomic E-state index is 14.1. The molecule has 1 aromatic heterocycles. The molecule has 0 radical (unpaired) electrons. The van der Waals surface area contributed by atoms with E-state index in [9.17, 15) is 12.8 Å². The van der Waals surface area contributed by atoms with Crippen LogP contribution in [0.15, 0.2) is 29.2 Å². The first-order chi connectivity index (χ1) is 14.0. The second-order valence-electron chi connectivity index (χ2n) is 7.30. The molecule has 2 heterocycles. The Morgan fingerprint density at radius 3 is 2.55 bits per heavy atom. The lowest BCUT2D eigenvalue weighted by molar-refractivity contribution is 0.321. The number of aryl methyl sites for hydroxylation is 2. The van der Waals surface area contributed by atoms with Crippen molar-refractivity contribution in [2.45, 2.75) is 37.5 Å². The Hall–Kier alpha value is -2.26. The SMILES string of the molecule is CCOc1ccc(S(=O)(=O)N2CCN(c3cc4c(nn3)CCCC4)CC2)cc1F. The number of halogens is 1. The third-order valence-electron chi connectivity index (χ3n) is 5.46. The van der Waals surface area contributed by atoms with E-state index in [2.05, 4.69) is 21.2 Å². The Bertz CT molecular complexity index is 991. The summed E-state index contributed by atoms with van der Waals surface area (Å²) in [7, 11) is -3.76. The van der Waals surface area contributed by atoms with Gasteiger partial charge in [-0.25, -0.2) is 12.8 Å². The Labute approximate surface area is 170 Å². The monoisotopic (exact) mass is 420 g/mol. The van der Waals surface area contributed by atoms with E-state index in [0.29, 0.717) is 32.8 Å². The van der Waals surface area contributed by atoms with Gasteiger partial charge >= 0.3 is 0 Å². The fourth-order valence-electron chi connectivity index (χ4n) is 3.85. The fourth-order valence-corrected chi connectivity index (χ4v) is 5.29. The Balaban J connectivity index is 1.45. The molecule has 29 heavy (non-hydrogen) atoms. The minimum Gasteiger partial charge on any atom is -0.491 e. The molecule has 1 aliphatic heterocycles. The highest BCUT2D eigenvalue weighted by atomic mass is 32.2. The van der Waals surface area contributed by atoms with Gasteiger partial charge in [0.05, 0.1) is 17.2 Å². The van der Waals surface area contributed by atoms with Crippen molar-refractivity contribution in [1.82, 2.24) is 14.5 Å². The third kappa shape index (κ3) is 4.06. The van der Waals surface area contributed by atoms with Gasteiger partial charge in [-0.15, -0.1) is 5.10 Å². The van der Waals surface area contributed by atoms with Crippen molar-refractivity contribution in [3.8, 4) is 5.75 Å². The van der Waals surface area contributed by atoms with Gasteiger partial charge in [-0.2, -0.15) is 9.40 Å². The minimum atomic E-state index is -3.76. The number of ether oxygens (including phenoxy) is 1. The van der Waals surface area contributed by atoms with Gasteiger partial charge in [0.25, 0.3) is 0 Å². The number of benzene rings is 1. The first kappa shape index (κ1) is 20.0. The van der Waals surface area contributed by atoms with Crippen molar-refractivity contribution in [3.63, 3.8) is 0 Å². The summed E-state index contributed by atoms with van der Waals surface area (Å²) in [6.45, 7) is 3.73. The number of fused-ring (bicyclic) bond motifs is 1. The van der Waals surface area contributed by atoms with Crippen LogP contribution in [0.4, 0.5) is 10.2 Å². The quantitative estimate of drug-likeness (QED) is 0.740. The molecule has 0 atom stereocenters. The molecule has 7 nitrogen and oxygen atoms in total. The molecular weight excluding hydrogens is 395 g/mol. The summed E-state index contributed by atoms with van der Waals surface area (Å²) in [6.07, 6.45) is 4.33. The van der Waals surface area contributed by atoms with Crippen LogP contribution >= 0.6 is 0 Å². The van der Waals surface area contributed by atoms with E-state index < -0.39 is 15.8 Å². The van der Waals surface area contributed by atoms with Crippen LogP contribution in [0, 0.1) is 5.82 Å². The standard InChI is InChI=1S/C20H25FN4O3S/c1-2-28-19-8-7-16(14-17(19)21)29(26,27)25-11-9-24(10-12-25)20-13-15-5-3-4-6-18(15)22-23-20/h7-8,13-14H,2-6,9-12H2,1H3. The summed E-state index contributed by atoms with van der Waals surface area (Å²) >= 11 is 0. The first-order valence-corrected chi connectivity index (χ1v) is 11.5. The number of rotatable bonds is 5. The van der Waals surface area contributed by atoms with Crippen LogP contribution in [0.5, 0.6) is 5.75 Å². The van der Waals surface area contributed by atoms with Crippen molar-refractivity contribution in [3.05, 3.63) is 41.3 Å². The lowest BCUT2D eigenvalue weighted by Crippen LogP contribution is -2.49. The molecule has 1 aliphatic carbocycles. The Morgan fingerprint density at radius 2 is 1.83 bits per heavy atom. The van der Waals surface area contributed by atoms with E-state index in [0.717, 1.165) is 36.8 Å². The number of piperazine rings is 1. The summed E-state index contributed by atoms with van der Waals surface area (Å²) in [5.74, 6) is 0.188. The van der Waals surface area contributed by atoms with E-state index in [1.165, 1.54) is 28.4 Å². The Morgan fingerprint density at radius 1 is 1.07 bits per heavy atom. The number of sulfonamides is 1. The first-order valence-electron chi connectivity index (χ1n) is 10.0. The molecule has 156 valence electrons. The molecule has 4 rings (SSSR count). The van der Waals surface area contributed by atoms with Gasteiger partial charge in [0.15, 0.2) is 17.4 Å². The molecule has 2 aliphatic rings. The zero-order valence-corrected chi connectivity index (χ0v) is 17.3. The summed E-state index contributed by atoms with van der Waals surface area (Å²) in [5.41, 5.74) is 2.33. The molecular formula is C20H25FN4O3S. The molecule has 0 bridgehead atoms. The molecule has 2 aromatic rings. The number of nitrogens with zero attached hydrogens (tertiary/aromatic N) is 4. The van der Waals surface area contributed by atoms with Gasteiger partial charge in [-0.05, 0) is 62.4 Å². The van der Waals surface area contributed by atoms with Crippen LogP contribution in [0.25, 0.3) is 0 Å². The molecule has 1 saturated heterocycles. The summed E-state index contributed by atoms with van der Waals surface area (Å²) in [5, 5.41) is 8.71. The van der Waals surface area contributed by atoms with Crippen molar-refractivity contribution < 1.29 is 17.5 Å². The molecule has 0 amide bonds. The maximum Gasteiger partial charge on any atom is 0.243 e. The van der Waals surface area contributed by atoms with Crippen molar-refractivity contribution >= 4 is 15.8 Å². The highest BCUT2D eigenvalue weighted by Gasteiger charge is 2.30. The molecule has 1 aromatic carbocycles. The molecule has 0 spiro atoms. The lowest BCUT2D eigenvalue weighted by Gasteiger charge is -2.34. The second-order valence-corrected chi connectivity index (χ2v) is 9.24. The molecule has 9 heteroatoms. The van der Waals surface area contributed by atoms with E-state index in [4.69, 9.17) is 4.74 Å². The third-order valence-corrected chi connectivity index (χ3v) is 7.36. The Kier molecular flexibility index (Phi) is 5.69. The van der Waals surface area contributed by atoms with Gasteiger partial charge in [-0.3, -0.25) is 0 Å². The van der Waals surface area contributed by atoms with Gasteiger partial charge in [0, 0.05) is 26.2 Å². The smallest absolute Gasteiger partial charge is 0.243 e. The largest absolute Gasteiger partial charge is 0.491 e. The number of aromatic nitrogens is 2. The molecule has 0 N–H and O–H groups in total. The minimum absolute atomic E-state index is 0.0551. The highest BCUT2D eigenvalue weighted by Crippen LogP contribution is 2.26. The van der Waals surface area contributed by atoms with Crippen LogP contribution in [-0.4, -0.2) is 55.7 Å².